The van der Waals surface area contributed by atoms with Gasteiger partial charge >= 0.3 is 0 Å². The predicted molar refractivity (Wildman–Crippen MR) is 137 cm³/mol. The van der Waals surface area contributed by atoms with Crippen LogP contribution in [0.3, 0.4) is 0 Å². The van der Waals surface area contributed by atoms with Gasteiger partial charge in [0.25, 0.3) is 0 Å². The second-order valence-electron chi connectivity index (χ2n) is 6.13. The van der Waals surface area contributed by atoms with Crippen molar-refractivity contribution in [3.63, 3.8) is 0 Å². The zero-order chi connectivity index (χ0) is 24.3. The predicted octanol–water partition coefficient (Wildman–Crippen LogP) is 7.38. The van der Waals surface area contributed by atoms with Gasteiger partial charge < -0.3 is 5.32 Å². The van der Waals surface area contributed by atoms with E-state index < -0.39 is 0 Å². The van der Waals surface area contributed by atoms with E-state index in [1.54, 1.807) is 0 Å². The van der Waals surface area contributed by atoms with Gasteiger partial charge in [-0.1, -0.05) is 84.6 Å². The van der Waals surface area contributed by atoms with Crippen molar-refractivity contribution in [3.8, 4) is 12.8 Å². The summed E-state index contributed by atoms with van der Waals surface area (Å²) < 4.78 is 9.50. The third-order valence-electron chi connectivity index (χ3n) is 3.57. The first-order chi connectivity index (χ1) is 15.1. The molecule has 0 saturated carbocycles. The molecule has 0 saturated heterocycles. The molecule has 0 radical (unpaired) electrons. The summed E-state index contributed by atoms with van der Waals surface area (Å²) in [4.78, 5) is 12.2. The zero-order valence-corrected chi connectivity index (χ0v) is 20.1. The first-order valence-electron chi connectivity index (χ1n) is 10.3. The lowest BCUT2D eigenvalue weighted by molar-refractivity contribution is -0.120. The van der Waals surface area contributed by atoms with Crippen LogP contribution in [0.5, 0.6) is 0 Å². The van der Waals surface area contributed by atoms with Gasteiger partial charge in [-0.05, 0) is 52.2 Å². The molecule has 1 amide bonds. The second-order valence-corrected chi connectivity index (χ2v) is 6.13. The molecular formula is C28H40FNO. The standard InChI is InChI=1S/C25H35NO.C2H2.CH3F/c1-6-10-12-13-17-23(14-8-3)19-18-22(5)20-25(27)26-21-24(15-9-4)16-11-7-2;2*1-2/h6-16,18-19H,17,20-21H2,1-5H3,(H,26,27);1-2H;1H3/b10-6-,11-7-,13-12-,14-8-,15-9-,22-18+,23-19+,24-16+;;. The molecule has 0 atom stereocenters. The Kier molecular flexibility index (Phi) is 28.2. The molecule has 0 aromatic rings. The number of terminal acetylenes is 1. The molecule has 1 N–H and O–H groups in total. The molecule has 0 aliphatic heterocycles. The molecule has 0 aromatic heterocycles. The number of halogens is 1. The molecule has 3 heteroatoms. The Morgan fingerprint density at radius 3 is 1.94 bits per heavy atom. The molecule has 0 spiro atoms. The number of carbonyl (C=O) groups excluding carboxylic acids is 1. The van der Waals surface area contributed by atoms with Gasteiger partial charge in [-0.15, -0.1) is 12.8 Å². The molecule has 0 aliphatic carbocycles. The number of rotatable bonds is 11. The highest BCUT2D eigenvalue weighted by molar-refractivity contribution is 5.78. The minimum atomic E-state index is 0.0357. The van der Waals surface area contributed by atoms with Crippen molar-refractivity contribution in [3.05, 3.63) is 95.7 Å². The second kappa shape index (κ2) is 26.9. The quantitative estimate of drug-likeness (QED) is 0.271. The van der Waals surface area contributed by atoms with E-state index in [1.165, 1.54) is 5.57 Å². The molecule has 2 nitrogen and oxygen atoms in total. The molecule has 0 heterocycles. The average Bonchev–Trinajstić information content (AvgIpc) is 2.79. The molecular weight excluding hydrogens is 385 g/mol. The summed E-state index contributed by atoms with van der Waals surface area (Å²) in [6.45, 7) is 10.5. The van der Waals surface area contributed by atoms with Gasteiger partial charge in [0.1, 0.15) is 0 Å². The molecule has 31 heavy (non-hydrogen) atoms. The van der Waals surface area contributed by atoms with E-state index in [9.17, 15) is 9.18 Å². The Bertz CT molecular complexity index is 711. The van der Waals surface area contributed by atoms with Crippen LogP contribution in [-0.4, -0.2) is 19.6 Å². The van der Waals surface area contributed by atoms with Crippen molar-refractivity contribution >= 4 is 5.91 Å². The van der Waals surface area contributed by atoms with Crippen molar-refractivity contribution in [2.45, 2.75) is 47.5 Å². The minimum Gasteiger partial charge on any atom is -0.352 e. The molecule has 0 aliphatic rings. The Balaban J connectivity index is -0.00000184. The minimum absolute atomic E-state index is 0.0357. The van der Waals surface area contributed by atoms with Crippen molar-refractivity contribution in [1.29, 1.82) is 0 Å². The Morgan fingerprint density at radius 2 is 1.39 bits per heavy atom. The number of nitrogens with one attached hydrogen (secondary N) is 1. The van der Waals surface area contributed by atoms with E-state index in [0.29, 0.717) is 20.1 Å². The van der Waals surface area contributed by atoms with Crippen molar-refractivity contribution in [1.82, 2.24) is 5.32 Å². The van der Waals surface area contributed by atoms with Crippen LogP contribution in [-0.2, 0) is 4.79 Å². The van der Waals surface area contributed by atoms with Gasteiger partial charge in [-0.3, -0.25) is 9.18 Å². The molecule has 170 valence electrons. The van der Waals surface area contributed by atoms with Crippen molar-refractivity contribution in [2.24, 2.45) is 0 Å². The summed E-state index contributed by atoms with van der Waals surface area (Å²) in [5, 5.41) is 2.98. The Morgan fingerprint density at radius 1 is 0.806 bits per heavy atom. The molecule has 0 unspecified atom stereocenters. The Labute approximate surface area is 190 Å². The van der Waals surface area contributed by atoms with Gasteiger partial charge in [0, 0.05) is 13.0 Å². The number of alkyl halides is 1. The highest BCUT2D eigenvalue weighted by atomic mass is 19.1. The smallest absolute Gasteiger partial charge is 0.224 e. The highest BCUT2D eigenvalue weighted by Gasteiger charge is 2.02. The number of hydrogen-bond acceptors (Lipinski definition) is 1. The maximum atomic E-state index is 12.2. The van der Waals surface area contributed by atoms with Crippen LogP contribution in [0.25, 0.3) is 0 Å². The third kappa shape index (κ3) is 23.0. The maximum Gasteiger partial charge on any atom is 0.224 e. The van der Waals surface area contributed by atoms with Crippen LogP contribution in [0.2, 0.25) is 0 Å². The summed E-state index contributed by atoms with van der Waals surface area (Å²) in [6, 6.07) is 0. The molecule has 0 aromatic carbocycles. The van der Waals surface area contributed by atoms with Crippen LogP contribution in [0.4, 0.5) is 4.39 Å². The third-order valence-corrected chi connectivity index (χ3v) is 3.57. The van der Waals surface area contributed by atoms with Crippen LogP contribution in [0.1, 0.15) is 47.5 Å². The lowest BCUT2D eigenvalue weighted by atomic mass is 10.1. The summed E-state index contributed by atoms with van der Waals surface area (Å²) in [5.74, 6) is 0.0357. The largest absolute Gasteiger partial charge is 0.352 e. The summed E-state index contributed by atoms with van der Waals surface area (Å²) >= 11 is 0. The van der Waals surface area contributed by atoms with Gasteiger partial charge in [0.15, 0.2) is 0 Å². The molecule has 0 bridgehead atoms. The zero-order valence-electron chi connectivity index (χ0n) is 20.1. The fourth-order valence-electron chi connectivity index (χ4n) is 2.23. The Hall–Kier alpha value is -3.12. The van der Waals surface area contributed by atoms with Gasteiger partial charge in [0.05, 0.1) is 7.18 Å². The van der Waals surface area contributed by atoms with Crippen LogP contribution >= 0.6 is 0 Å². The van der Waals surface area contributed by atoms with E-state index in [0.717, 1.165) is 17.6 Å². The van der Waals surface area contributed by atoms with E-state index in [2.05, 4.69) is 36.4 Å². The van der Waals surface area contributed by atoms with Crippen LogP contribution < -0.4 is 5.32 Å². The fourth-order valence-corrected chi connectivity index (χ4v) is 2.23. The van der Waals surface area contributed by atoms with Crippen molar-refractivity contribution in [2.75, 3.05) is 13.7 Å². The highest BCUT2D eigenvalue weighted by Crippen LogP contribution is 2.08. The maximum absolute atomic E-state index is 12.2. The van der Waals surface area contributed by atoms with Gasteiger partial charge in [0.2, 0.25) is 5.91 Å². The molecule has 0 rings (SSSR count). The van der Waals surface area contributed by atoms with Crippen molar-refractivity contribution < 1.29 is 9.18 Å². The number of amides is 1. The average molecular weight is 426 g/mol. The van der Waals surface area contributed by atoms with Crippen LogP contribution in [0.15, 0.2) is 95.7 Å². The van der Waals surface area contributed by atoms with E-state index >= 15 is 0 Å². The number of allylic oxidation sites excluding steroid dienone is 13. The summed E-state index contributed by atoms with van der Waals surface area (Å²) in [7, 11) is 0.500. The topological polar surface area (TPSA) is 29.1 Å². The lowest BCUT2D eigenvalue weighted by Gasteiger charge is -2.06. The SMILES string of the molecule is C#C.C/C=C\C=C/CC(/C=C\C)=C/C=C(\C)CC(=O)NCC(/C=C\C)=C/C=C\C.CF. The first-order valence-corrected chi connectivity index (χ1v) is 10.3. The van der Waals surface area contributed by atoms with Gasteiger partial charge in [-0.25, -0.2) is 0 Å². The van der Waals surface area contributed by atoms with Gasteiger partial charge in [-0.2, -0.15) is 0 Å². The van der Waals surface area contributed by atoms with E-state index in [1.807, 2.05) is 95.4 Å². The van der Waals surface area contributed by atoms with E-state index in [-0.39, 0.29) is 5.91 Å². The number of hydrogen-bond donors (Lipinski definition) is 1. The van der Waals surface area contributed by atoms with Crippen LogP contribution in [0, 0.1) is 12.8 Å². The normalized spacial score (nSPS) is 13.0. The fraction of sp³-hybridized carbons (Fsp3) is 0.321. The monoisotopic (exact) mass is 425 g/mol. The lowest BCUT2D eigenvalue weighted by Crippen LogP contribution is -2.25. The number of carbonyl (C=O) groups is 1. The summed E-state index contributed by atoms with van der Waals surface area (Å²) in [6.07, 6.45) is 35.7. The van der Waals surface area contributed by atoms with E-state index in [4.69, 9.17) is 0 Å². The first kappa shape index (κ1) is 32.5. The molecule has 0 fully saturated rings. The summed E-state index contributed by atoms with van der Waals surface area (Å²) in [5.41, 5.74) is 3.33.